The number of nitriles is 1. The first-order chi connectivity index (χ1) is 6.24. The summed E-state index contributed by atoms with van der Waals surface area (Å²) in [6, 6.07) is 2.10. The molecular formula is C9H6BrClN2. The maximum atomic E-state index is 8.91. The van der Waals surface area contributed by atoms with Crippen LogP contribution in [0.15, 0.2) is 10.7 Å². The van der Waals surface area contributed by atoms with Gasteiger partial charge in [0.05, 0.1) is 5.56 Å². The van der Waals surface area contributed by atoms with E-state index in [2.05, 4.69) is 27.0 Å². The van der Waals surface area contributed by atoms with E-state index in [0.29, 0.717) is 16.6 Å². The maximum absolute atomic E-state index is 8.91. The van der Waals surface area contributed by atoms with Crippen molar-refractivity contribution >= 4 is 27.5 Å². The highest BCUT2D eigenvalue weighted by Gasteiger charge is 2.29. The van der Waals surface area contributed by atoms with E-state index in [1.54, 1.807) is 6.20 Å². The highest BCUT2D eigenvalue weighted by molar-refractivity contribution is 9.10. The molecule has 1 aromatic rings. The first-order valence-electron chi connectivity index (χ1n) is 3.98. The van der Waals surface area contributed by atoms with E-state index >= 15 is 0 Å². The van der Waals surface area contributed by atoms with Crippen molar-refractivity contribution in [2.75, 3.05) is 0 Å². The lowest BCUT2D eigenvalue weighted by Crippen LogP contribution is -1.92. The summed E-state index contributed by atoms with van der Waals surface area (Å²) in [5.41, 5.74) is 1.56. The van der Waals surface area contributed by atoms with Crippen molar-refractivity contribution < 1.29 is 0 Å². The molecule has 13 heavy (non-hydrogen) atoms. The van der Waals surface area contributed by atoms with Gasteiger partial charge < -0.3 is 0 Å². The molecule has 4 heteroatoms. The number of rotatable bonds is 1. The van der Waals surface area contributed by atoms with Crippen molar-refractivity contribution in [2.45, 2.75) is 18.8 Å². The van der Waals surface area contributed by atoms with Crippen LogP contribution in [0.4, 0.5) is 0 Å². The van der Waals surface area contributed by atoms with Crippen LogP contribution in [-0.4, -0.2) is 4.98 Å². The molecule has 1 heterocycles. The van der Waals surface area contributed by atoms with Gasteiger partial charge in [0, 0.05) is 10.7 Å². The first-order valence-corrected chi connectivity index (χ1v) is 5.15. The zero-order valence-electron chi connectivity index (χ0n) is 6.72. The Bertz CT molecular complexity index is 393. The molecule has 0 saturated heterocycles. The monoisotopic (exact) mass is 256 g/mol. The first kappa shape index (κ1) is 8.98. The number of nitrogens with zero attached hydrogens (tertiary/aromatic N) is 2. The summed E-state index contributed by atoms with van der Waals surface area (Å²) in [5.74, 6) is 0.504. The normalized spacial score (nSPS) is 15.5. The van der Waals surface area contributed by atoms with Gasteiger partial charge in [0.15, 0.2) is 0 Å². The number of hydrogen-bond donors (Lipinski definition) is 0. The van der Waals surface area contributed by atoms with Gasteiger partial charge in [-0.1, -0.05) is 11.6 Å². The molecule has 1 aliphatic rings. The lowest BCUT2D eigenvalue weighted by Gasteiger charge is -2.05. The van der Waals surface area contributed by atoms with E-state index in [4.69, 9.17) is 16.9 Å². The summed E-state index contributed by atoms with van der Waals surface area (Å²) < 4.78 is 0.899. The highest BCUT2D eigenvalue weighted by Crippen LogP contribution is 2.45. The fourth-order valence-electron chi connectivity index (χ4n) is 1.36. The Morgan fingerprint density at radius 3 is 2.85 bits per heavy atom. The summed E-state index contributed by atoms with van der Waals surface area (Å²) in [6.45, 7) is 0. The molecule has 0 N–H and O–H groups in total. The van der Waals surface area contributed by atoms with Gasteiger partial charge in [-0.05, 0) is 40.3 Å². The predicted molar refractivity (Wildman–Crippen MR) is 53.6 cm³/mol. The van der Waals surface area contributed by atoms with Crippen molar-refractivity contribution in [3.05, 3.63) is 26.9 Å². The van der Waals surface area contributed by atoms with Gasteiger partial charge in [-0.2, -0.15) is 5.26 Å². The second-order valence-electron chi connectivity index (χ2n) is 3.07. The van der Waals surface area contributed by atoms with E-state index < -0.39 is 0 Å². The molecule has 66 valence electrons. The molecule has 0 bridgehead atoms. The smallest absolute Gasteiger partial charge is 0.147 e. The molecular weight excluding hydrogens is 251 g/mol. The standard InChI is InChI=1S/C9H6BrClN2/c10-7-4-13-9(11)6(3-12)8(7)5-1-2-5/h4-5H,1-2H2. The molecule has 0 atom stereocenters. The maximum Gasteiger partial charge on any atom is 0.147 e. The van der Waals surface area contributed by atoms with E-state index in [-0.39, 0.29) is 0 Å². The molecule has 1 saturated carbocycles. The Hall–Kier alpha value is -0.590. The van der Waals surface area contributed by atoms with Gasteiger partial charge in [-0.15, -0.1) is 0 Å². The van der Waals surface area contributed by atoms with Crippen molar-refractivity contribution in [1.82, 2.24) is 4.98 Å². The van der Waals surface area contributed by atoms with Gasteiger partial charge in [0.25, 0.3) is 0 Å². The van der Waals surface area contributed by atoms with Crippen molar-refractivity contribution in [1.29, 1.82) is 5.26 Å². The minimum Gasteiger partial charge on any atom is -0.242 e. The van der Waals surface area contributed by atoms with Crippen LogP contribution in [0.25, 0.3) is 0 Å². The molecule has 0 aliphatic heterocycles. The predicted octanol–water partition coefficient (Wildman–Crippen LogP) is 3.25. The van der Waals surface area contributed by atoms with Crippen LogP contribution in [0.1, 0.15) is 29.9 Å². The van der Waals surface area contributed by atoms with Crippen LogP contribution >= 0.6 is 27.5 Å². The summed E-state index contributed by atoms with van der Waals surface area (Å²) in [5, 5.41) is 9.22. The van der Waals surface area contributed by atoms with Gasteiger partial charge in [-0.25, -0.2) is 4.98 Å². The van der Waals surface area contributed by atoms with E-state index in [9.17, 15) is 0 Å². The topological polar surface area (TPSA) is 36.7 Å². The summed E-state index contributed by atoms with van der Waals surface area (Å²) in [7, 11) is 0. The van der Waals surface area contributed by atoms with Gasteiger partial charge >= 0.3 is 0 Å². The third-order valence-corrected chi connectivity index (χ3v) is 3.04. The number of pyridine rings is 1. The Morgan fingerprint density at radius 1 is 1.62 bits per heavy atom. The average molecular weight is 258 g/mol. The van der Waals surface area contributed by atoms with Crippen LogP contribution in [0, 0.1) is 11.3 Å². The van der Waals surface area contributed by atoms with Crippen LogP contribution in [0.2, 0.25) is 5.15 Å². The second-order valence-corrected chi connectivity index (χ2v) is 4.28. The van der Waals surface area contributed by atoms with Crippen molar-refractivity contribution in [2.24, 2.45) is 0 Å². The Morgan fingerprint density at radius 2 is 2.31 bits per heavy atom. The highest BCUT2D eigenvalue weighted by atomic mass is 79.9. The molecule has 1 aliphatic carbocycles. The van der Waals surface area contributed by atoms with Gasteiger partial charge in [-0.3, -0.25) is 0 Å². The van der Waals surface area contributed by atoms with Crippen LogP contribution in [-0.2, 0) is 0 Å². The summed E-state index contributed by atoms with van der Waals surface area (Å²) >= 11 is 9.21. The van der Waals surface area contributed by atoms with Gasteiger partial charge in [0.2, 0.25) is 0 Å². The third kappa shape index (κ3) is 1.56. The number of hydrogen-bond acceptors (Lipinski definition) is 2. The van der Waals surface area contributed by atoms with Crippen LogP contribution in [0.5, 0.6) is 0 Å². The molecule has 0 amide bonds. The molecule has 1 fully saturated rings. The third-order valence-electron chi connectivity index (χ3n) is 2.12. The minimum absolute atomic E-state index is 0.313. The lowest BCUT2D eigenvalue weighted by molar-refractivity contribution is 1.08. The van der Waals surface area contributed by atoms with Crippen molar-refractivity contribution in [3.8, 4) is 6.07 Å². The largest absolute Gasteiger partial charge is 0.242 e. The number of halogens is 2. The van der Waals surface area contributed by atoms with E-state index in [0.717, 1.165) is 22.9 Å². The Labute approximate surface area is 89.7 Å². The quantitative estimate of drug-likeness (QED) is 0.724. The zero-order chi connectivity index (χ0) is 9.42. The van der Waals surface area contributed by atoms with E-state index in [1.165, 1.54) is 0 Å². The minimum atomic E-state index is 0.313. The Kier molecular flexibility index (Phi) is 2.27. The molecule has 0 aromatic carbocycles. The van der Waals surface area contributed by atoms with Crippen LogP contribution in [0.3, 0.4) is 0 Å². The molecule has 2 nitrogen and oxygen atoms in total. The fraction of sp³-hybridized carbons (Fsp3) is 0.333. The fourth-order valence-corrected chi connectivity index (χ4v) is 2.17. The SMILES string of the molecule is N#Cc1c(Cl)ncc(Br)c1C1CC1. The molecule has 0 spiro atoms. The molecule has 0 unspecified atom stereocenters. The van der Waals surface area contributed by atoms with Crippen molar-refractivity contribution in [3.63, 3.8) is 0 Å². The van der Waals surface area contributed by atoms with Gasteiger partial charge in [0.1, 0.15) is 11.2 Å². The Balaban J connectivity index is 2.62. The molecule has 1 aromatic heterocycles. The summed E-state index contributed by atoms with van der Waals surface area (Å²) in [6.07, 6.45) is 3.96. The summed E-state index contributed by atoms with van der Waals surface area (Å²) in [4.78, 5) is 3.92. The number of aromatic nitrogens is 1. The van der Waals surface area contributed by atoms with Crippen LogP contribution < -0.4 is 0 Å². The second kappa shape index (κ2) is 3.28. The zero-order valence-corrected chi connectivity index (χ0v) is 9.06. The average Bonchev–Trinajstić information content (AvgIpc) is 2.91. The lowest BCUT2D eigenvalue weighted by atomic mass is 10.1. The van der Waals surface area contributed by atoms with E-state index in [1.807, 2.05) is 0 Å². The molecule has 2 rings (SSSR count). The molecule has 0 radical (unpaired) electrons.